The molecule has 1 aromatic heterocycles. The Labute approximate surface area is 126 Å². The monoisotopic (exact) mass is 293 g/mol. The number of likely N-dealkylation sites (tertiary alicyclic amines) is 1. The van der Waals surface area contributed by atoms with Gasteiger partial charge in [-0.3, -0.25) is 4.68 Å². The van der Waals surface area contributed by atoms with E-state index in [9.17, 15) is 4.79 Å². The van der Waals surface area contributed by atoms with E-state index in [4.69, 9.17) is 0 Å². The van der Waals surface area contributed by atoms with E-state index in [0.29, 0.717) is 6.54 Å². The lowest BCUT2D eigenvalue weighted by atomic mass is 9.99. The average molecular weight is 293 g/mol. The predicted molar refractivity (Wildman–Crippen MR) is 82.9 cm³/mol. The quantitative estimate of drug-likeness (QED) is 0.778. The smallest absolute Gasteiger partial charge is 0.315 e. The molecule has 6 nitrogen and oxygen atoms in total. The molecule has 21 heavy (non-hydrogen) atoms. The van der Waals surface area contributed by atoms with Gasteiger partial charge in [-0.25, -0.2) is 4.79 Å². The summed E-state index contributed by atoms with van der Waals surface area (Å²) in [5.74, 6) is 0.872. The fourth-order valence-corrected chi connectivity index (χ4v) is 2.60. The van der Waals surface area contributed by atoms with Crippen molar-refractivity contribution in [2.75, 3.05) is 26.2 Å². The maximum atomic E-state index is 11.7. The van der Waals surface area contributed by atoms with E-state index >= 15 is 0 Å². The Hall–Kier alpha value is -1.56. The van der Waals surface area contributed by atoms with E-state index in [-0.39, 0.29) is 6.03 Å². The molecular weight excluding hydrogens is 266 g/mol. The van der Waals surface area contributed by atoms with E-state index in [1.807, 2.05) is 13.1 Å². The second-order valence-electron chi connectivity index (χ2n) is 5.93. The molecule has 2 heterocycles. The van der Waals surface area contributed by atoms with Gasteiger partial charge >= 0.3 is 6.03 Å². The molecule has 0 bridgehead atoms. The van der Waals surface area contributed by atoms with Gasteiger partial charge in [0.2, 0.25) is 0 Å². The SMILES string of the molecule is CC1CCN(CCCNC(=O)NCc2ccnn2C)CC1. The fraction of sp³-hybridized carbons (Fsp3) is 0.733. The van der Waals surface area contributed by atoms with Crippen molar-refractivity contribution in [2.24, 2.45) is 13.0 Å². The van der Waals surface area contributed by atoms with E-state index in [2.05, 4.69) is 27.6 Å². The van der Waals surface area contributed by atoms with Gasteiger partial charge < -0.3 is 15.5 Å². The number of urea groups is 1. The Balaban J connectivity index is 1.52. The standard InChI is InChI=1S/C15H27N5O/c1-13-5-10-20(11-6-13)9-3-7-16-15(21)17-12-14-4-8-18-19(14)2/h4,8,13H,3,5-7,9-12H2,1-2H3,(H2,16,17,21). The van der Waals surface area contributed by atoms with Crippen LogP contribution in [0.2, 0.25) is 0 Å². The van der Waals surface area contributed by atoms with E-state index in [1.165, 1.54) is 25.9 Å². The number of carbonyl (C=O) groups is 1. The van der Waals surface area contributed by atoms with Crippen LogP contribution in [0.4, 0.5) is 4.79 Å². The number of amides is 2. The summed E-state index contributed by atoms with van der Waals surface area (Å²) in [4.78, 5) is 14.2. The number of aryl methyl sites for hydroxylation is 1. The molecule has 6 heteroatoms. The molecule has 0 radical (unpaired) electrons. The first kappa shape index (κ1) is 15.8. The molecule has 2 N–H and O–H groups in total. The van der Waals surface area contributed by atoms with Gasteiger partial charge in [0.25, 0.3) is 0 Å². The molecule has 0 aromatic carbocycles. The number of nitrogens with one attached hydrogen (secondary N) is 2. The predicted octanol–water partition coefficient (Wildman–Crippen LogP) is 1.34. The third-order valence-corrected chi connectivity index (χ3v) is 4.17. The van der Waals surface area contributed by atoms with Crippen LogP contribution in [0.5, 0.6) is 0 Å². The number of hydrogen-bond acceptors (Lipinski definition) is 3. The second-order valence-corrected chi connectivity index (χ2v) is 5.93. The Morgan fingerprint density at radius 3 is 2.81 bits per heavy atom. The van der Waals surface area contributed by atoms with Gasteiger partial charge in [0, 0.05) is 19.8 Å². The highest BCUT2D eigenvalue weighted by Gasteiger charge is 2.14. The first-order valence-electron chi connectivity index (χ1n) is 7.86. The zero-order valence-electron chi connectivity index (χ0n) is 13.1. The number of nitrogens with zero attached hydrogens (tertiary/aromatic N) is 3. The second kappa shape index (κ2) is 8.02. The maximum absolute atomic E-state index is 11.7. The Kier molecular flexibility index (Phi) is 6.04. The largest absolute Gasteiger partial charge is 0.338 e. The molecule has 2 amide bonds. The minimum atomic E-state index is -0.108. The molecule has 1 aliphatic rings. The van der Waals surface area contributed by atoms with E-state index in [0.717, 1.165) is 31.1 Å². The summed E-state index contributed by atoms with van der Waals surface area (Å²) >= 11 is 0. The molecule has 0 atom stereocenters. The van der Waals surface area contributed by atoms with Crippen molar-refractivity contribution < 1.29 is 4.79 Å². The van der Waals surface area contributed by atoms with Crippen molar-refractivity contribution in [3.63, 3.8) is 0 Å². The summed E-state index contributed by atoms with van der Waals surface area (Å²) in [6, 6.07) is 1.79. The number of piperidine rings is 1. The summed E-state index contributed by atoms with van der Waals surface area (Å²) in [6.07, 6.45) is 5.35. The molecule has 0 saturated carbocycles. The number of rotatable bonds is 6. The lowest BCUT2D eigenvalue weighted by Crippen LogP contribution is -2.38. The Morgan fingerprint density at radius 2 is 2.14 bits per heavy atom. The van der Waals surface area contributed by atoms with Crippen LogP contribution in [0.1, 0.15) is 31.9 Å². The Bertz CT molecular complexity index is 437. The van der Waals surface area contributed by atoms with Crippen molar-refractivity contribution in [3.05, 3.63) is 18.0 Å². The average Bonchev–Trinajstić information content (AvgIpc) is 2.89. The third-order valence-electron chi connectivity index (χ3n) is 4.17. The van der Waals surface area contributed by atoms with Gasteiger partial charge in [0.15, 0.2) is 0 Å². The van der Waals surface area contributed by atoms with Crippen LogP contribution in [0.3, 0.4) is 0 Å². The minimum Gasteiger partial charge on any atom is -0.338 e. The van der Waals surface area contributed by atoms with Crippen LogP contribution in [-0.2, 0) is 13.6 Å². The van der Waals surface area contributed by atoms with Crippen molar-refractivity contribution in [2.45, 2.75) is 32.7 Å². The highest BCUT2D eigenvalue weighted by atomic mass is 16.2. The van der Waals surface area contributed by atoms with Crippen LogP contribution in [-0.4, -0.2) is 46.9 Å². The van der Waals surface area contributed by atoms with Crippen molar-refractivity contribution in [1.29, 1.82) is 0 Å². The van der Waals surface area contributed by atoms with Gasteiger partial charge in [-0.05, 0) is 50.9 Å². The normalized spacial score (nSPS) is 16.9. The van der Waals surface area contributed by atoms with Crippen LogP contribution in [0.25, 0.3) is 0 Å². The molecule has 118 valence electrons. The topological polar surface area (TPSA) is 62.2 Å². The van der Waals surface area contributed by atoms with Gasteiger partial charge in [0.1, 0.15) is 0 Å². The van der Waals surface area contributed by atoms with Crippen molar-refractivity contribution in [3.8, 4) is 0 Å². The number of hydrogen-bond donors (Lipinski definition) is 2. The van der Waals surface area contributed by atoms with Gasteiger partial charge in [-0.1, -0.05) is 6.92 Å². The van der Waals surface area contributed by atoms with E-state index < -0.39 is 0 Å². The summed E-state index contributed by atoms with van der Waals surface area (Å²) in [5, 5.41) is 9.82. The number of carbonyl (C=O) groups excluding carboxylic acids is 1. The van der Waals surface area contributed by atoms with Gasteiger partial charge in [0.05, 0.1) is 12.2 Å². The van der Waals surface area contributed by atoms with Crippen molar-refractivity contribution >= 4 is 6.03 Å². The molecule has 1 aromatic rings. The molecule has 1 fully saturated rings. The van der Waals surface area contributed by atoms with Crippen molar-refractivity contribution in [1.82, 2.24) is 25.3 Å². The summed E-state index contributed by atoms with van der Waals surface area (Å²) in [7, 11) is 1.87. The molecule has 0 aliphatic carbocycles. The van der Waals surface area contributed by atoms with Gasteiger partial charge in [-0.15, -0.1) is 0 Å². The third kappa shape index (κ3) is 5.38. The zero-order valence-corrected chi connectivity index (χ0v) is 13.1. The molecule has 1 aliphatic heterocycles. The highest BCUT2D eigenvalue weighted by Crippen LogP contribution is 2.15. The molecular formula is C15H27N5O. The van der Waals surface area contributed by atoms with Gasteiger partial charge in [-0.2, -0.15) is 5.10 Å². The summed E-state index contributed by atoms with van der Waals surface area (Å²) in [6.45, 7) is 7.04. The lowest BCUT2D eigenvalue weighted by Gasteiger charge is -2.30. The van der Waals surface area contributed by atoms with Crippen LogP contribution in [0.15, 0.2) is 12.3 Å². The summed E-state index contributed by atoms with van der Waals surface area (Å²) < 4.78 is 1.76. The maximum Gasteiger partial charge on any atom is 0.315 e. The van der Waals surface area contributed by atoms with E-state index in [1.54, 1.807) is 10.9 Å². The molecule has 0 unspecified atom stereocenters. The van der Waals surface area contributed by atoms with Crippen LogP contribution < -0.4 is 10.6 Å². The fourth-order valence-electron chi connectivity index (χ4n) is 2.60. The highest BCUT2D eigenvalue weighted by molar-refractivity contribution is 5.73. The first-order valence-corrected chi connectivity index (χ1v) is 7.86. The molecule has 2 rings (SSSR count). The molecule has 1 saturated heterocycles. The zero-order chi connectivity index (χ0) is 15.1. The van der Waals surface area contributed by atoms with Crippen LogP contribution in [0, 0.1) is 5.92 Å². The lowest BCUT2D eigenvalue weighted by molar-refractivity contribution is 0.190. The minimum absolute atomic E-state index is 0.108. The molecule has 0 spiro atoms. The Morgan fingerprint density at radius 1 is 1.38 bits per heavy atom. The number of aromatic nitrogens is 2. The first-order chi connectivity index (χ1) is 10.1. The van der Waals surface area contributed by atoms with Crippen LogP contribution >= 0.6 is 0 Å². The summed E-state index contributed by atoms with van der Waals surface area (Å²) in [5.41, 5.74) is 0.993.